The molecule has 0 saturated heterocycles. The largest absolute Gasteiger partial charge is 0.366 e. The molecule has 1 nitrogen and oxygen atoms in total. The van der Waals surface area contributed by atoms with E-state index in [1.807, 2.05) is 0 Å². The van der Waals surface area contributed by atoms with Crippen LogP contribution in [0.15, 0.2) is 15.9 Å². The lowest BCUT2D eigenvalue weighted by Crippen LogP contribution is -2.17. The van der Waals surface area contributed by atoms with Crippen LogP contribution in [0.2, 0.25) is 0 Å². The highest BCUT2D eigenvalue weighted by molar-refractivity contribution is 9.10. The van der Waals surface area contributed by atoms with Gasteiger partial charge in [0.15, 0.2) is 0 Å². The monoisotopic (exact) mass is 267 g/mol. The lowest BCUT2D eigenvalue weighted by atomic mass is 10.4. The van der Waals surface area contributed by atoms with Crippen molar-refractivity contribution in [2.45, 2.75) is 6.42 Å². The van der Waals surface area contributed by atoms with Crippen LogP contribution in [0.1, 0.15) is 6.42 Å². The zero-order chi connectivity index (χ0) is 8.97. The van der Waals surface area contributed by atoms with E-state index in [0.29, 0.717) is 0 Å². The molecule has 68 valence electrons. The van der Waals surface area contributed by atoms with Gasteiger partial charge in [0, 0.05) is 29.3 Å². The van der Waals surface area contributed by atoms with Crippen LogP contribution in [0.4, 0.5) is 5.00 Å². The second kappa shape index (κ2) is 5.10. The molecule has 0 amide bonds. The maximum Gasteiger partial charge on any atom is 0.0917 e. The second-order valence-corrected chi connectivity index (χ2v) is 4.75. The molecule has 0 saturated carbocycles. The summed E-state index contributed by atoms with van der Waals surface area (Å²) < 4.78 is 1.15. The minimum Gasteiger partial charge on any atom is -0.366 e. The third kappa shape index (κ3) is 2.96. The van der Waals surface area contributed by atoms with E-state index in [4.69, 9.17) is 11.6 Å². The van der Waals surface area contributed by atoms with E-state index in [1.54, 1.807) is 11.3 Å². The third-order valence-electron chi connectivity index (χ3n) is 1.56. The number of hydrogen-bond donors (Lipinski definition) is 0. The minimum absolute atomic E-state index is 0.733. The first-order chi connectivity index (χ1) is 5.74. The number of anilines is 1. The predicted molar refractivity (Wildman–Crippen MR) is 60.6 cm³/mol. The molecule has 0 N–H and O–H groups in total. The summed E-state index contributed by atoms with van der Waals surface area (Å²) in [4.78, 5) is 2.22. The Labute approximate surface area is 90.5 Å². The van der Waals surface area contributed by atoms with Gasteiger partial charge in [-0.25, -0.2) is 0 Å². The van der Waals surface area contributed by atoms with Crippen LogP contribution in [-0.4, -0.2) is 19.5 Å². The highest BCUT2D eigenvalue weighted by atomic mass is 79.9. The SMILES string of the molecule is CN(CCCCl)c1cc(Br)cs1. The van der Waals surface area contributed by atoms with Gasteiger partial charge in [-0.15, -0.1) is 22.9 Å². The minimum atomic E-state index is 0.733. The Morgan fingerprint density at radius 3 is 2.92 bits per heavy atom. The Bertz CT molecular complexity index is 239. The summed E-state index contributed by atoms with van der Waals surface area (Å²) in [5.41, 5.74) is 0. The fourth-order valence-corrected chi connectivity index (χ4v) is 2.45. The number of hydrogen-bond acceptors (Lipinski definition) is 2. The van der Waals surface area contributed by atoms with E-state index in [9.17, 15) is 0 Å². The molecule has 1 heterocycles. The molecule has 0 aliphatic rings. The van der Waals surface area contributed by atoms with Gasteiger partial charge in [0.1, 0.15) is 0 Å². The molecule has 0 bridgehead atoms. The van der Waals surface area contributed by atoms with Crippen LogP contribution < -0.4 is 4.90 Å². The van der Waals surface area contributed by atoms with Gasteiger partial charge in [0.05, 0.1) is 5.00 Å². The van der Waals surface area contributed by atoms with Gasteiger partial charge in [-0.3, -0.25) is 0 Å². The summed E-state index contributed by atoms with van der Waals surface area (Å²) in [5, 5.41) is 3.37. The van der Waals surface area contributed by atoms with Crippen molar-refractivity contribution in [3.05, 3.63) is 15.9 Å². The molecule has 0 fully saturated rings. The Hall–Kier alpha value is 0.270. The molecule has 0 aliphatic carbocycles. The molecule has 0 aromatic carbocycles. The van der Waals surface area contributed by atoms with Crippen molar-refractivity contribution in [1.82, 2.24) is 0 Å². The fraction of sp³-hybridized carbons (Fsp3) is 0.500. The number of thiophene rings is 1. The molecule has 1 aromatic rings. The fourth-order valence-electron chi connectivity index (χ4n) is 0.910. The summed E-state index contributed by atoms with van der Waals surface area (Å²) >= 11 is 10.8. The lowest BCUT2D eigenvalue weighted by Gasteiger charge is -2.15. The zero-order valence-corrected chi connectivity index (χ0v) is 10.0. The van der Waals surface area contributed by atoms with E-state index in [1.165, 1.54) is 5.00 Å². The zero-order valence-electron chi connectivity index (χ0n) is 6.89. The van der Waals surface area contributed by atoms with Crippen molar-refractivity contribution in [2.75, 3.05) is 24.4 Å². The van der Waals surface area contributed by atoms with Gasteiger partial charge in [0.25, 0.3) is 0 Å². The summed E-state index contributed by atoms with van der Waals surface area (Å²) in [6.07, 6.45) is 1.04. The summed E-state index contributed by atoms with van der Waals surface area (Å²) in [6.45, 7) is 1.02. The molecule has 12 heavy (non-hydrogen) atoms. The van der Waals surface area contributed by atoms with E-state index < -0.39 is 0 Å². The van der Waals surface area contributed by atoms with E-state index >= 15 is 0 Å². The highest BCUT2D eigenvalue weighted by Crippen LogP contribution is 2.27. The second-order valence-electron chi connectivity index (χ2n) is 2.57. The molecule has 1 aromatic heterocycles. The van der Waals surface area contributed by atoms with Gasteiger partial charge in [-0.1, -0.05) is 0 Å². The molecule has 0 atom stereocenters. The third-order valence-corrected chi connectivity index (χ3v) is 3.63. The number of rotatable bonds is 4. The van der Waals surface area contributed by atoms with Crippen LogP contribution in [0.5, 0.6) is 0 Å². The van der Waals surface area contributed by atoms with Gasteiger partial charge < -0.3 is 4.90 Å². The molecule has 0 radical (unpaired) electrons. The first-order valence-electron chi connectivity index (χ1n) is 3.75. The van der Waals surface area contributed by atoms with Gasteiger partial charge in [-0.2, -0.15) is 0 Å². The average Bonchev–Trinajstić information content (AvgIpc) is 2.47. The van der Waals surface area contributed by atoms with E-state index in [-0.39, 0.29) is 0 Å². The maximum absolute atomic E-state index is 5.61. The lowest BCUT2D eigenvalue weighted by molar-refractivity contribution is 0.864. The molecular weight excluding hydrogens is 258 g/mol. The molecule has 0 spiro atoms. The van der Waals surface area contributed by atoms with E-state index in [0.717, 1.165) is 23.3 Å². The van der Waals surface area contributed by atoms with Crippen molar-refractivity contribution in [2.24, 2.45) is 0 Å². The normalized spacial score (nSPS) is 10.2. The van der Waals surface area contributed by atoms with Gasteiger partial charge >= 0.3 is 0 Å². The van der Waals surface area contributed by atoms with Crippen LogP contribution >= 0.6 is 38.9 Å². The molecule has 0 unspecified atom stereocenters. The molecular formula is C8H11BrClNS. The average molecular weight is 269 g/mol. The van der Waals surface area contributed by atoms with Gasteiger partial charge in [0.2, 0.25) is 0 Å². The Morgan fingerprint density at radius 1 is 1.67 bits per heavy atom. The summed E-state index contributed by atoms with van der Waals surface area (Å²) in [5.74, 6) is 0.733. The first-order valence-corrected chi connectivity index (χ1v) is 5.96. The first kappa shape index (κ1) is 10.4. The van der Waals surface area contributed by atoms with Gasteiger partial charge in [-0.05, 0) is 28.4 Å². The van der Waals surface area contributed by atoms with Crippen molar-refractivity contribution in [3.8, 4) is 0 Å². The Kier molecular flexibility index (Phi) is 4.40. The smallest absolute Gasteiger partial charge is 0.0917 e. The van der Waals surface area contributed by atoms with Crippen molar-refractivity contribution in [3.63, 3.8) is 0 Å². The van der Waals surface area contributed by atoms with Crippen LogP contribution in [-0.2, 0) is 0 Å². The maximum atomic E-state index is 5.61. The van der Waals surface area contributed by atoms with E-state index in [2.05, 4.69) is 39.3 Å². The van der Waals surface area contributed by atoms with Crippen LogP contribution in [0.3, 0.4) is 0 Å². The topological polar surface area (TPSA) is 3.24 Å². The highest BCUT2D eigenvalue weighted by Gasteiger charge is 2.02. The molecule has 0 aliphatic heterocycles. The van der Waals surface area contributed by atoms with Crippen LogP contribution in [0, 0.1) is 0 Å². The number of halogens is 2. The summed E-state index contributed by atoms with van der Waals surface area (Å²) in [6, 6.07) is 2.12. The number of nitrogens with zero attached hydrogens (tertiary/aromatic N) is 1. The van der Waals surface area contributed by atoms with Crippen LogP contribution in [0.25, 0.3) is 0 Å². The molecule has 1 rings (SSSR count). The molecule has 4 heteroatoms. The van der Waals surface area contributed by atoms with Crippen molar-refractivity contribution >= 4 is 43.9 Å². The number of alkyl halides is 1. The summed E-state index contributed by atoms with van der Waals surface area (Å²) in [7, 11) is 2.09. The Morgan fingerprint density at radius 2 is 2.42 bits per heavy atom. The van der Waals surface area contributed by atoms with Crippen molar-refractivity contribution in [1.29, 1.82) is 0 Å². The van der Waals surface area contributed by atoms with Crippen molar-refractivity contribution < 1.29 is 0 Å². The standard InChI is InChI=1S/C8H11BrClNS/c1-11(4-2-3-10)8-5-7(9)6-12-8/h5-6H,2-4H2,1H3. The Balaban J connectivity index is 2.47. The predicted octanol–water partition coefficient (Wildman–Crippen LogP) is 3.58. The quantitative estimate of drug-likeness (QED) is 0.755.